The molecule has 0 radical (unpaired) electrons. The normalized spacial score (nSPS) is 8.44. The Morgan fingerprint density at radius 1 is 1.11 bits per heavy atom. The summed E-state index contributed by atoms with van der Waals surface area (Å²) in [5.41, 5.74) is 0. The van der Waals surface area contributed by atoms with Crippen molar-refractivity contribution >= 4 is 11.9 Å². The summed E-state index contributed by atoms with van der Waals surface area (Å²) in [4.78, 5) is 19.1. The van der Waals surface area contributed by atoms with Crippen molar-refractivity contribution in [1.29, 1.82) is 0 Å². The average molecular weight is 156 g/mol. The average Bonchev–Trinajstić information content (AvgIpc) is 1.61. The first kappa shape index (κ1) is 12.0. The maximum Gasteiger partial charge on any atom is 1.00 e. The monoisotopic (exact) mass is 156 g/mol. The molecular weight excluding hydrogens is 151 g/mol. The van der Waals surface area contributed by atoms with Crippen molar-refractivity contribution < 1.29 is 72.6 Å². The van der Waals surface area contributed by atoms with Gasteiger partial charge in [0.1, 0.15) is 0 Å². The van der Waals surface area contributed by atoms with Crippen LogP contribution in [0.25, 0.3) is 0 Å². The van der Waals surface area contributed by atoms with Crippen LogP contribution >= 0.6 is 0 Å². The number of aliphatic carboxylic acids is 2. The molecule has 0 saturated carbocycles. The quantitative estimate of drug-likeness (QED) is 0.327. The van der Waals surface area contributed by atoms with E-state index in [1.165, 1.54) is 0 Å². The van der Waals surface area contributed by atoms with E-state index in [1.807, 2.05) is 0 Å². The predicted octanol–water partition coefficient (Wildman–Crippen LogP) is -3.17. The van der Waals surface area contributed by atoms with Gasteiger partial charge in [0, 0.05) is 12.2 Å². The molecule has 2 N–H and O–H groups in total. The Balaban J connectivity index is -0.000000245. The Morgan fingerprint density at radius 2 is 1.33 bits per heavy atom. The molecule has 0 spiro atoms. The van der Waals surface area contributed by atoms with Crippen LogP contribution in [-0.4, -0.2) is 22.2 Å². The molecule has 0 aromatic carbocycles. The molecule has 0 aliphatic rings. The fourth-order valence-corrected chi connectivity index (χ4v) is 0.143. The molecule has 9 heavy (non-hydrogen) atoms. The van der Waals surface area contributed by atoms with Crippen LogP contribution in [0.3, 0.4) is 0 Å². The van der Waals surface area contributed by atoms with Crippen molar-refractivity contribution in [2.75, 3.05) is 0 Å². The second kappa shape index (κ2) is 6.44. The predicted molar refractivity (Wildman–Crippen MR) is 25.5 cm³/mol. The second-order valence-corrected chi connectivity index (χ2v) is 1.01. The van der Waals surface area contributed by atoms with Crippen LogP contribution in [0.15, 0.2) is 12.2 Å². The molecule has 0 unspecified atom stereocenters. The van der Waals surface area contributed by atoms with Gasteiger partial charge >= 0.3 is 63.3 Å². The first-order valence-corrected chi connectivity index (χ1v) is 1.77. The van der Waals surface area contributed by atoms with Gasteiger partial charge in [0.15, 0.2) is 0 Å². The van der Waals surface area contributed by atoms with Gasteiger partial charge < -0.3 is 11.6 Å². The fourth-order valence-electron chi connectivity index (χ4n) is 0.143. The maximum absolute atomic E-state index is 9.55. The molecule has 0 rings (SSSR count). The molecular formula is C4H5KO4. The van der Waals surface area contributed by atoms with Gasteiger partial charge in [0.25, 0.3) is 0 Å². The van der Waals surface area contributed by atoms with E-state index < -0.39 is 11.9 Å². The van der Waals surface area contributed by atoms with Gasteiger partial charge in [0.2, 0.25) is 0 Å². The third kappa shape index (κ3) is 11.7. The topological polar surface area (TPSA) is 74.6 Å². The van der Waals surface area contributed by atoms with E-state index >= 15 is 0 Å². The Morgan fingerprint density at radius 3 is 1.44 bits per heavy atom. The smallest absolute Gasteiger partial charge is 1.00 e. The zero-order valence-electron chi connectivity index (χ0n) is 5.87. The fraction of sp³-hybridized carbons (Fsp3) is 0. The van der Waals surface area contributed by atoms with Gasteiger partial charge in [-0.25, -0.2) is 9.59 Å². The minimum Gasteiger partial charge on any atom is -1.00 e. The summed E-state index contributed by atoms with van der Waals surface area (Å²) in [6.45, 7) is 0. The Labute approximate surface area is 95.5 Å². The van der Waals surface area contributed by atoms with Crippen LogP contribution in [0.4, 0.5) is 0 Å². The first-order chi connectivity index (χ1) is 3.63. The van der Waals surface area contributed by atoms with Gasteiger partial charge in [-0.15, -0.1) is 0 Å². The van der Waals surface area contributed by atoms with Crippen molar-refractivity contribution in [3.05, 3.63) is 12.2 Å². The van der Waals surface area contributed by atoms with E-state index in [0.29, 0.717) is 12.2 Å². The molecule has 0 bridgehead atoms. The largest absolute Gasteiger partial charge is 1.00 e. The Kier molecular flexibility index (Phi) is 8.61. The standard InChI is InChI=1S/C4H4O4.K.H/c5-3(6)1-2-4(7)8;;/h1-2H,(H,5,6)(H,7,8);;/q;+1;-1/b2-1+;;. The van der Waals surface area contributed by atoms with Crippen molar-refractivity contribution in [1.82, 2.24) is 0 Å². The van der Waals surface area contributed by atoms with E-state index in [2.05, 4.69) is 0 Å². The summed E-state index contributed by atoms with van der Waals surface area (Å²) in [6.07, 6.45) is 1.12. The number of hydrogen-bond donors (Lipinski definition) is 2. The molecule has 0 heterocycles. The number of carbonyl (C=O) groups is 2. The van der Waals surface area contributed by atoms with E-state index in [9.17, 15) is 9.59 Å². The van der Waals surface area contributed by atoms with Crippen LogP contribution in [0.2, 0.25) is 0 Å². The van der Waals surface area contributed by atoms with Crippen molar-refractivity contribution in [2.24, 2.45) is 0 Å². The van der Waals surface area contributed by atoms with Crippen molar-refractivity contribution in [3.8, 4) is 0 Å². The van der Waals surface area contributed by atoms with Crippen LogP contribution in [0, 0.1) is 0 Å². The first-order valence-electron chi connectivity index (χ1n) is 1.77. The zero-order valence-corrected chi connectivity index (χ0v) is 7.99. The second-order valence-electron chi connectivity index (χ2n) is 1.01. The molecule has 0 aromatic rings. The van der Waals surface area contributed by atoms with Gasteiger partial charge in [0.05, 0.1) is 0 Å². The minimum absolute atomic E-state index is 0. The molecule has 0 aromatic heterocycles. The summed E-state index contributed by atoms with van der Waals surface area (Å²) in [5.74, 6) is -2.51. The van der Waals surface area contributed by atoms with E-state index in [0.717, 1.165) is 0 Å². The van der Waals surface area contributed by atoms with Gasteiger partial charge in [-0.2, -0.15) is 0 Å². The minimum atomic E-state index is -1.26. The van der Waals surface area contributed by atoms with Crippen LogP contribution in [0.1, 0.15) is 1.43 Å². The maximum atomic E-state index is 9.55. The van der Waals surface area contributed by atoms with Gasteiger partial charge in [-0.3, -0.25) is 0 Å². The molecule has 0 aliphatic carbocycles. The molecule has 0 amide bonds. The van der Waals surface area contributed by atoms with Crippen LogP contribution in [0.5, 0.6) is 0 Å². The molecule has 0 fully saturated rings. The number of hydrogen-bond acceptors (Lipinski definition) is 2. The summed E-state index contributed by atoms with van der Waals surface area (Å²) in [7, 11) is 0. The SMILES string of the molecule is O=C(O)/C=C/C(=O)O.[H-].[K+]. The summed E-state index contributed by atoms with van der Waals surface area (Å²) in [5, 5.41) is 15.6. The van der Waals surface area contributed by atoms with E-state index in [-0.39, 0.29) is 52.8 Å². The van der Waals surface area contributed by atoms with Crippen molar-refractivity contribution in [2.45, 2.75) is 0 Å². The summed E-state index contributed by atoms with van der Waals surface area (Å²) in [6, 6.07) is 0. The number of rotatable bonds is 2. The molecule has 0 saturated heterocycles. The van der Waals surface area contributed by atoms with Gasteiger partial charge in [-0.05, 0) is 0 Å². The summed E-state index contributed by atoms with van der Waals surface area (Å²) >= 11 is 0. The molecule has 0 atom stereocenters. The number of carboxylic acids is 2. The summed E-state index contributed by atoms with van der Waals surface area (Å²) < 4.78 is 0. The van der Waals surface area contributed by atoms with E-state index in [1.54, 1.807) is 0 Å². The Hall–Kier alpha value is 0.316. The van der Waals surface area contributed by atoms with Gasteiger partial charge in [-0.1, -0.05) is 0 Å². The Bertz CT molecular complexity index is 128. The van der Waals surface area contributed by atoms with Crippen LogP contribution < -0.4 is 51.4 Å². The number of carboxylic acid groups (broad SMARTS) is 2. The van der Waals surface area contributed by atoms with Crippen LogP contribution in [-0.2, 0) is 9.59 Å². The zero-order chi connectivity index (χ0) is 6.57. The third-order valence-electron chi connectivity index (χ3n) is 0.368. The molecule has 0 aliphatic heterocycles. The third-order valence-corrected chi connectivity index (χ3v) is 0.368. The van der Waals surface area contributed by atoms with Crippen molar-refractivity contribution in [3.63, 3.8) is 0 Å². The molecule has 46 valence electrons. The molecule has 5 heteroatoms. The van der Waals surface area contributed by atoms with E-state index in [4.69, 9.17) is 10.2 Å². The molecule has 4 nitrogen and oxygen atoms in total.